The summed E-state index contributed by atoms with van der Waals surface area (Å²) >= 11 is 7.66. The van der Waals surface area contributed by atoms with E-state index in [9.17, 15) is 4.79 Å². The van der Waals surface area contributed by atoms with Crippen LogP contribution in [0.15, 0.2) is 11.4 Å². The van der Waals surface area contributed by atoms with Crippen molar-refractivity contribution in [3.63, 3.8) is 0 Å². The van der Waals surface area contributed by atoms with Crippen molar-refractivity contribution in [3.8, 4) is 0 Å². The Bertz CT molecular complexity index is 758. The first-order valence-corrected chi connectivity index (χ1v) is 9.15. The van der Waals surface area contributed by atoms with E-state index >= 15 is 0 Å². The number of thiophene rings is 1. The zero-order valence-electron chi connectivity index (χ0n) is 14.2. The molecular formula is C16H21ClN4O2S. The van der Waals surface area contributed by atoms with Crippen LogP contribution in [0.2, 0.25) is 5.28 Å². The van der Waals surface area contributed by atoms with Gasteiger partial charge in [0.2, 0.25) is 5.28 Å². The molecule has 0 radical (unpaired) electrons. The van der Waals surface area contributed by atoms with Gasteiger partial charge in [-0.15, -0.1) is 11.3 Å². The molecule has 3 rings (SSSR count). The van der Waals surface area contributed by atoms with Crippen molar-refractivity contribution in [1.29, 1.82) is 0 Å². The average molecular weight is 369 g/mol. The van der Waals surface area contributed by atoms with Gasteiger partial charge in [0, 0.05) is 25.7 Å². The second-order valence-electron chi connectivity index (χ2n) is 6.92. The summed E-state index contributed by atoms with van der Waals surface area (Å²) in [6, 6.07) is 1.97. The number of hydrogen-bond donors (Lipinski definition) is 0. The lowest BCUT2D eigenvalue weighted by molar-refractivity contribution is 0.0159. The number of nitrogens with zero attached hydrogens (tertiary/aromatic N) is 4. The fourth-order valence-corrected chi connectivity index (χ4v) is 3.80. The first kappa shape index (κ1) is 17.2. The maximum atomic E-state index is 12.3. The summed E-state index contributed by atoms with van der Waals surface area (Å²) in [6.45, 7) is 9.60. The number of anilines is 1. The average Bonchev–Trinajstić information content (AvgIpc) is 2.92. The molecule has 0 aromatic carbocycles. The number of rotatable bonds is 1. The quantitative estimate of drug-likeness (QED) is 0.717. The molecule has 1 aliphatic heterocycles. The summed E-state index contributed by atoms with van der Waals surface area (Å²) < 4.78 is 6.51. The van der Waals surface area contributed by atoms with E-state index in [4.69, 9.17) is 16.3 Å². The van der Waals surface area contributed by atoms with Crippen molar-refractivity contribution in [1.82, 2.24) is 14.9 Å². The molecule has 1 atom stereocenters. The van der Waals surface area contributed by atoms with Gasteiger partial charge in [-0.3, -0.25) is 0 Å². The molecule has 3 heterocycles. The predicted octanol–water partition coefficient (Wildman–Crippen LogP) is 3.79. The first-order valence-electron chi connectivity index (χ1n) is 7.90. The van der Waals surface area contributed by atoms with Crippen molar-refractivity contribution in [2.45, 2.75) is 39.3 Å². The molecule has 0 bridgehead atoms. The van der Waals surface area contributed by atoms with Crippen molar-refractivity contribution in [2.75, 3.05) is 24.5 Å². The number of fused-ring (bicyclic) bond motifs is 1. The van der Waals surface area contributed by atoms with Crippen molar-refractivity contribution in [3.05, 3.63) is 16.7 Å². The van der Waals surface area contributed by atoms with Crippen LogP contribution >= 0.6 is 22.9 Å². The number of piperazine rings is 1. The molecule has 130 valence electrons. The van der Waals surface area contributed by atoms with E-state index < -0.39 is 5.60 Å². The molecule has 0 saturated carbocycles. The monoisotopic (exact) mass is 368 g/mol. The maximum Gasteiger partial charge on any atom is 0.410 e. The van der Waals surface area contributed by atoms with Gasteiger partial charge in [0.25, 0.3) is 0 Å². The number of carbonyl (C=O) groups excluding carboxylic acids is 1. The molecule has 24 heavy (non-hydrogen) atoms. The third-order valence-corrected chi connectivity index (χ3v) is 4.88. The normalized spacial score (nSPS) is 19.0. The highest BCUT2D eigenvalue weighted by atomic mass is 35.5. The van der Waals surface area contributed by atoms with Crippen LogP contribution < -0.4 is 4.90 Å². The Kier molecular flexibility index (Phi) is 4.57. The maximum absolute atomic E-state index is 12.3. The fraction of sp³-hybridized carbons (Fsp3) is 0.562. The second kappa shape index (κ2) is 6.37. The van der Waals surface area contributed by atoms with Crippen molar-refractivity contribution < 1.29 is 9.53 Å². The van der Waals surface area contributed by atoms with Gasteiger partial charge in [-0.1, -0.05) is 0 Å². The van der Waals surface area contributed by atoms with Gasteiger partial charge in [-0.2, -0.15) is 4.98 Å². The molecule has 1 aliphatic rings. The standard InChI is InChI=1S/C16H21ClN4O2S/c1-10-9-20(6-7-21(10)15(22)23-16(2,3)4)13-12-11(5-8-24-12)18-14(17)19-13/h5,8,10H,6-7,9H2,1-4H3. The molecule has 2 aromatic rings. The van der Waals surface area contributed by atoms with E-state index in [1.54, 1.807) is 16.2 Å². The zero-order valence-corrected chi connectivity index (χ0v) is 15.8. The molecule has 1 amide bonds. The molecule has 1 saturated heterocycles. The zero-order chi connectivity index (χ0) is 17.5. The topological polar surface area (TPSA) is 58.6 Å². The molecular weight excluding hydrogens is 348 g/mol. The van der Waals surface area contributed by atoms with Crippen LogP contribution in [-0.4, -0.2) is 52.2 Å². The fourth-order valence-electron chi connectivity index (χ4n) is 2.78. The van der Waals surface area contributed by atoms with Crippen LogP contribution in [0.4, 0.5) is 10.6 Å². The Hall–Kier alpha value is -1.60. The Morgan fingerprint density at radius 2 is 2.12 bits per heavy atom. The van der Waals surface area contributed by atoms with Gasteiger partial charge in [-0.05, 0) is 50.7 Å². The van der Waals surface area contributed by atoms with E-state index in [2.05, 4.69) is 14.9 Å². The Labute approximate surface area is 150 Å². The molecule has 0 N–H and O–H groups in total. The summed E-state index contributed by atoms with van der Waals surface area (Å²) in [7, 11) is 0. The minimum Gasteiger partial charge on any atom is -0.444 e. The van der Waals surface area contributed by atoms with Crippen LogP contribution in [0, 0.1) is 0 Å². The van der Waals surface area contributed by atoms with E-state index in [0.717, 1.165) is 16.0 Å². The van der Waals surface area contributed by atoms with Crippen LogP contribution in [0.25, 0.3) is 10.2 Å². The number of halogens is 1. The van der Waals surface area contributed by atoms with Gasteiger partial charge in [0.1, 0.15) is 5.60 Å². The Morgan fingerprint density at radius 1 is 1.38 bits per heavy atom. The summed E-state index contributed by atoms with van der Waals surface area (Å²) in [6.07, 6.45) is -0.267. The van der Waals surface area contributed by atoms with Crippen LogP contribution in [0.5, 0.6) is 0 Å². The van der Waals surface area contributed by atoms with Gasteiger partial charge in [0.05, 0.1) is 10.2 Å². The van der Waals surface area contributed by atoms with E-state index in [-0.39, 0.29) is 17.4 Å². The van der Waals surface area contributed by atoms with Crippen LogP contribution in [0.1, 0.15) is 27.7 Å². The highest BCUT2D eigenvalue weighted by molar-refractivity contribution is 7.17. The largest absolute Gasteiger partial charge is 0.444 e. The third-order valence-electron chi connectivity index (χ3n) is 3.81. The summed E-state index contributed by atoms with van der Waals surface area (Å²) in [5.74, 6) is 0.843. The Morgan fingerprint density at radius 3 is 2.79 bits per heavy atom. The van der Waals surface area contributed by atoms with Gasteiger partial charge >= 0.3 is 6.09 Å². The highest BCUT2D eigenvalue weighted by Gasteiger charge is 2.32. The van der Waals surface area contributed by atoms with E-state index in [0.29, 0.717) is 19.6 Å². The number of aromatic nitrogens is 2. The minimum atomic E-state index is -0.489. The van der Waals surface area contributed by atoms with Gasteiger partial charge < -0.3 is 14.5 Å². The number of ether oxygens (including phenoxy) is 1. The Balaban J connectivity index is 1.78. The van der Waals surface area contributed by atoms with Crippen LogP contribution in [-0.2, 0) is 4.74 Å². The third kappa shape index (κ3) is 3.57. The smallest absolute Gasteiger partial charge is 0.410 e. The number of hydrogen-bond acceptors (Lipinski definition) is 6. The molecule has 1 unspecified atom stereocenters. The molecule has 2 aromatic heterocycles. The summed E-state index contributed by atoms with van der Waals surface area (Å²) in [5, 5.41) is 2.23. The minimum absolute atomic E-state index is 0.0253. The predicted molar refractivity (Wildman–Crippen MR) is 97.0 cm³/mol. The molecule has 0 spiro atoms. The van der Waals surface area contributed by atoms with E-state index in [1.807, 2.05) is 39.1 Å². The molecule has 1 fully saturated rings. The highest BCUT2D eigenvalue weighted by Crippen LogP contribution is 2.31. The summed E-state index contributed by atoms with van der Waals surface area (Å²) in [4.78, 5) is 24.9. The lowest BCUT2D eigenvalue weighted by Crippen LogP contribution is -2.55. The lowest BCUT2D eigenvalue weighted by atomic mass is 10.2. The van der Waals surface area contributed by atoms with Gasteiger partial charge in [0.15, 0.2) is 5.82 Å². The second-order valence-corrected chi connectivity index (χ2v) is 8.17. The lowest BCUT2D eigenvalue weighted by Gasteiger charge is -2.40. The molecule has 6 nitrogen and oxygen atoms in total. The number of amides is 1. The first-order chi connectivity index (χ1) is 11.2. The van der Waals surface area contributed by atoms with Gasteiger partial charge in [-0.25, -0.2) is 9.78 Å². The summed E-state index contributed by atoms with van der Waals surface area (Å²) in [5.41, 5.74) is 0.370. The number of carbonyl (C=O) groups is 1. The molecule has 8 heteroatoms. The molecule has 0 aliphatic carbocycles. The SMILES string of the molecule is CC1CN(c2nc(Cl)nc3ccsc23)CCN1C(=O)OC(C)(C)C. The van der Waals surface area contributed by atoms with Crippen molar-refractivity contribution >= 4 is 45.1 Å². The van der Waals surface area contributed by atoms with Crippen molar-refractivity contribution in [2.24, 2.45) is 0 Å². The van der Waals surface area contributed by atoms with E-state index in [1.165, 1.54) is 0 Å². The van der Waals surface area contributed by atoms with Crippen LogP contribution in [0.3, 0.4) is 0 Å².